The minimum Gasteiger partial charge on any atom is -0.459 e. The van der Waals surface area contributed by atoms with Gasteiger partial charge in [-0.25, -0.2) is 22.2 Å². The molecule has 2 aromatic heterocycles. The van der Waals surface area contributed by atoms with Gasteiger partial charge in [0.05, 0.1) is 12.1 Å². The van der Waals surface area contributed by atoms with E-state index in [0.29, 0.717) is 22.5 Å². The predicted octanol–water partition coefficient (Wildman–Crippen LogP) is 3.07. The van der Waals surface area contributed by atoms with Gasteiger partial charge in [0.15, 0.2) is 10.8 Å². The fraction of sp³-hybridized carbons (Fsp3) is 0.300. The fourth-order valence-corrected chi connectivity index (χ4v) is 5.57. The molecule has 1 saturated heterocycles. The predicted molar refractivity (Wildman–Crippen MR) is 110 cm³/mol. The van der Waals surface area contributed by atoms with Crippen molar-refractivity contribution in [1.29, 1.82) is 0 Å². The molecule has 11 heteroatoms. The van der Waals surface area contributed by atoms with E-state index in [4.69, 9.17) is 4.42 Å². The Morgan fingerprint density at radius 2 is 1.90 bits per heavy atom. The van der Waals surface area contributed by atoms with Gasteiger partial charge in [-0.1, -0.05) is 0 Å². The van der Waals surface area contributed by atoms with Crippen LogP contribution < -0.4 is 0 Å². The van der Waals surface area contributed by atoms with E-state index in [2.05, 4.69) is 4.98 Å². The summed E-state index contributed by atoms with van der Waals surface area (Å²) < 4.78 is 59.0. The van der Waals surface area contributed by atoms with Crippen molar-refractivity contribution in [3.8, 4) is 10.8 Å². The molecule has 0 aliphatic carbocycles. The highest BCUT2D eigenvalue weighted by atomic mass is 32.2. The quantitative estimate of drug-likeness (QED) is 0.576. The Morgan fingerprint density at radius 3 is 2.55 bits per heavy atom. The third-order valence-corrected chi connectivity index (χ3v) is 7.78. The minimum atomic E-state index is -4.11. The summed E-state index contributed by atoms with van der Waals surface area (Å²) in [5.41, 5.74) is 0.613. The lowest BCUT2D eigenvalue weighted by atomic mass is 10.2. The van der Waals surface area contributed by atoms with Gasteiger partial charge in [-0.3, -0.25) is 4.79 Å². The third kappa shape index (κ3) is 4.53. The summed E-state index contributed by atoms with van der Waals surface area (Å²) in [6.45, 7) is 2.24. The second-order valence-electron chi connectivity index (χ2n) is 7.09. The number of hydrogen-bond donors (Lipinski definition) is 0. The molecule has 164 valence electrons. The zero-order valence-corrected chi connectivity index (χ0v) is 18.2. The number of sulfonamides is 1. The van der Waals surface area contributed by atoms with Crippen LogP contribution in [0.25, 0.3) is 10.8 Å². The molecule has 7 nitrogen and oxygen atoms in total. The van der Waals surface area contributed by atoms with Crippen LogP contribution in [-0.4, -0.2) is 54.7 Å². The van der Waals surface area contributed by atoms with Gasteiger partial charge in [0.25, 0.3) is 0 Å². The van der Waals surface area contributed by atoms with E-state index in [-0.39, 0.29) is 38.5 Å². The molecule has 31 heavy (non-hydrogen) atoms. The number of amides is 1. The van der Waals surface area contributed by atoms with E-state index in [1.54, 1.807) is 10.3 Å². The third-order valence-electron chi connectivity index (χ3n) is 4.94. The van der Waals surface area contributed by atoms with Gasteiger partial charge in [0, 0.05) is 37.6 Å². The lowest BCUT2D eigenvalue weighted by molar-refractivity contribution is -0.131. The van der Waals surface area contributed by atoms with Crippen molar-refractivity contribution in [3.63, 3.8) is 0 Å². The molecule has 4 rings (SSSR count). The van der Waals surface area contributed by atoms with Gasteiger partial charge >= 0.3 is 0 Å². The summed E-state index contributed by atoms with van der Waals surface area (Å²) >= 11 is 1.38. The summed E-state index contributed by atoms with van der Waals surface area (Å²) in [4.78, 5) is 18.1. The van der Waals surface area contributed by atoms with Gasteiger partial charge in [0.2, 0.25) is 15.9 Å². The molecule has 0 N–H and O–H groups in total. The van der Waals surface area contributed by atoms with Gasteiger partial charge in [0.1, 0.15) is 22.3 Å². The zero-order valence-electron chi connectivity index (χ0n) is 16.5. The van der Waals surface area contributed by atoms with Gasteiger partial charge in [-0.05, 0) is 31.2 Å². The number of hydrogen-bond acceptors (Lipinski definition) is 6. The Morgan fingerprint density at radius 1 is 1.16 bits per heavy atom. The Bertz CT molecular complexity index is 1210. The molecule has 1 aliphatic heterocycles. The lowest BCUT2D eigenvalue weighted by Gasteiger charge is -2.34. The highest BCUT2D eigenvalue weighted by Crippen LogP contribution is 2.26. The number of furan rings is 1. The highest BCUT2D eigenvalue weighted by Gasteiger charge is 2.32. The van der Waals surface area contributed by atoms with Crippen molar-refractivity contribution < 1.29 is 26.4 Å². The number of halogens is 2. The number of rotatable bonds is 5. The van der Waals surface area contributed by atoms with Crippen LogP contribution in [0.4, 0.5) is 8.78 Å². The highest BCUT2D eigenvalue weighted by molar-refractivity contribution is 7.89. The number of benzene rings is 1. The standard InChI is InChI=1S/C20H19F2N3O4S2/c1-13-2-4-17(29-13)20-23-15(12-30-20)11-19(26)24-6-8-25(9-7-24)31(27,28)18-5-3-14(21)10-16(18)22/h2-5,10,12H,6-9,11H2,1H3. The maximum atomic E-state index is 14.0. The van der Waals surface area contributed by atoms with E-state index in [0.717, 1.165) is 22.2 Å². The van der Waals surface area contributed by atoms with Crippen LogP contribution in [0.15, 0.2) is 45.0 Å². The molecular formula is C20H19F2N3O4S2. The van der Waals surface area contributed by atoms with Crippen LogP contribution in [0, 0.1) is 18.6 Å². The molecule has 3 heterocycles. The summed E-state index contributed by atoms with van der Waals surface area (Å²) in [6, 6.07) is 6.02. The molecular weight excluding hydrogens is 448 g/mol. The first-order chi connectivity index (χ1) is 14.7. The van der Waals surface area contributed by atoms with Gasteiger partial charge in [-0.2, -0.15) is 4.31 Å². The molecule has 0 atom stereocenters. The Kier molecular flexibility index (Phi) is 5.91. The summed E-state index contributed by atoms with van der Waals surface area (Å²) in [5.74, 6) is -0.731. The van der Waals surface area contributed by atoms with Gasteiger partial charge in [-0.15, -0.1) is 11.3 Å². The van der Waals surface area contributed by atoms with Gasteiger partial charge < -0.3 is 9.32 Å². The van der Waals surface area contributed by atoms with E-state index in [1.807, 2.05) is 19.1 Å². The monoisotopic (exact) mass is 467 g/mol. The van der Waals surface area contributed by atoms with E-state index in [9.17, 15) is 22.0 Å². The number of carbonyl (C=O) groups is 1. The van der Waals surface area contributed by atoms with E-state index >= 15 is 0 Å². The molecule has 1 aliphatic rings. The van der Waals surface area contributed by atoms with E-state index < -0.39 is 26.6 Å². The maximum Gasteiger partial charge on any atom is 0.246 e. The molecule has 3 aromatic rings. The van der Waals surface area contributed by atoms with Crippen molar-refractivity contribution in [2.45, 2.75) is 18.2 Å². The average molecular weight is 468 g/mol. The molecule has 1 amide bonds. The van der Waals surface area contributed by atoms with Crippen molar-refractivity contribution in [2.24, 2.45) is 0 Å². The number of carbonyl (C=O) groups excluding carboxylic acids is 1. The number of aromatic nitrogens is 1. The molecule has 0 spiro atoms. The first kappa shape index (κ1) is 21.6. The first-order valence-corrected chi connectivity index (χ1v) is 11.8. The van der Waals surface area contributed by atoms with Crippen molar-refractivity contribution in [2.75, 3.05) is 26.2 Å². The smallest absolute Gasteiger partial charge is 0.246 e. The van der Waals surface area contributed by atoms with Crippen molar-refractivity contribution >= 4 is 27.3 Å². The maximum absolute atomic E-state index is 14.0. The SMILES string of the molecule is Cc1ccc(-c2nc(CC(=O)N3CCN(S(=O)(=O)c4ccc(F)cc4F)CC3)cs2)o1. The first-order valence-electron chi connectivity index (χ1n) is 9.48. The van der Waals surface area contributed by atoms with Crippen LogP contribution in [-0.2, 0) is 21.2 Å². The summed E-state index contributed by atoms with van der Waals surface area (Å²) in [6.07, 6.45) is 0.0928. The van der Waals surface area contributed by atoms with E-state index in [1.165, 1.54) is 11.3 Å². The molecule has 0 radical (unpaired) electrons. The molecule has 1 aromatic carbocycles. The molecule has 1 fully saturated rings. The normalized spacial score (nSPS) is 15.4. The summed E-state index contributed by atoms with van der Waals surface area (Å²) in [7, 11) is -4.11. The van der Waals surface area contributed by atoms with Crippen LogP contribution in [0.2, 0.25) is 0 Å². The van der Waals surface area contributed by atoms with Crippen molar-refractivity contribution in [3.05, 3.63) is 58.8 Å². The minimum absolute atomic E-state index is 0.0267. The fourth-order valence-electron chi connectivity index (χ4n) is 3.32. The number of nitrogens with zero attached hydrogens (tertiary/aromatic N) is 3. The van der Waals surface area contributed by atoms with Crippen LogP contribution in [0.3, 0.4) is 0 Å². The lowest BCUT2D eigenvalue weighted by Crippen LogP contribution is -2.51. The number of thiazole rings is 1. The molecule has 0 unspecified atom stereocenters. The molecule has 0 bridgehead atoms. The number of aryl methyl sites for hydroxylation is 1. The Labute approximate surface area is 182 Å². The average Bonchev–Trinajstić information content (AvgIpc) is 3.36. The van der Waals surface area contributed by atoms with Crippen LogP contribution in [0.5, 0.6) is 0 Å². The zero-order chi connectivity index (χ0) is 22.2. The van der Waals surface area contributed by atoms with Crippen LogP contribution in [0.1, 0.15) is 11.5 Å². The Balaban J connectivity index is 1.37. The number of piperazine rings is 1. The topological polar surface area (TPSA) is 83.7 Å². The van der Waals surface area contributed by atoms with Crippen LogP contribution >= 0.6 is 11.3 Å². The summed E-state index contributed by atoms with van der Waals surface area (Å²) in [5, 5.41) is 2.48. The van der Waals surface area contributed by atoms with Crippen molar-refractivity contribution in [1.82, 2.24) is 14.2 Å². The molecule has 0 saturated carbocycles. The Hall–Kier alpha value is -2.63. The second kappa shape index (κ2) is 8.48. The largest absolute Gasteiger partial charge is 0.459 e. The second-order valence-corrected chi connectivity index (χ2v) is 9.86.